The molecule has 8 heteroatoms. The Bertz CT molecular complexity index is 1310. The van der Waals surface area contributed by atoms with Crippen LogP contribution in [0.5, 0.6) is 0 Å². The van der Waals surface area contributed by atoms with Gasteiger partial charge < -0.3 is 4.90 Å². The van der Waals surface area contributed by atoms with Gasteiger partial charge in [0.2, 0.25) is 11.7 Å². The lowest BCUT2D eigenvalue weighted by molar-refractivity contribution is -0.130. The summed E-state index contributed by atoms with van der Waals surface area (Å²) in [7, 11) is 0. The van der Waals surface area contributed by atoms with Crippen LogP contribution >= 0.6 is 11.8 Å². The minimum absolute atomic E-state index is 0.0409. The smallest absolute Gasteiger partial charge is 0.262 e. The Morgan fingerprint density at radius 2 is 1.79 bits per heavy atom. The van der Waals surface area contributed by atoms with Gasteiger partial charge in [-0.3, -0.25) is 18.6 Å². The molecule has 0 saturated heterocycles. The van der Waals surface area contributed by atoms with E-state index in [1.54, 1.807) is 4.57 Å². The van der Waals surface area contributed by atoms with Crippen LogP contribution in [-0.2, 0) is 17.9 Å². The summed E-state index contributed by atoms with van der Waals surface area (Å²) < 4.78 is 3.60. The number of aryl methyl sites for hydroxylation is 1. The molecule has 0 unspecified atom stereocenters. The number of benzene rings is 2. The Morgan fingerprint density at radius 1 is 1.06 bits per heavy atom. The van der Waals surface area contributed by atoms with E-state index >= 15 is 0 Å². The van der Waals surface area contributed by atoms with Gasteiger partial charge in [0.15, 0.2) is 5.16 Å². The van der Waals surface area contributed by atoms with Gasteiger partial charge in [0.1, 0.15) is 0 Å². The second-order valence-corrected chi connectivity index (χ2v) is 9.28. The monoisotopic (exact) mass is 463 g/mol. The number of unbranched alkanes of at least 4 members (excludes halogenated alkanes) is 1. The van der Waals surface area contributed by atoms with Crippen LogP contribution in [0.4, 0.5) is 0 Å². The molecule has 0 saturated carbocycles. The molecule has 4 rings (SSSR count). The third kappa shape index (κ3) is 4.80. The average Bonchev–Trinajstić information content (AvgIpc) is 3.25. The van der Waals surface area contributed by atoms with Gasteiger partial charge >= 0.3 is 0 Å². The maximum atomic E-state index is 13.1. The summed E-state index contributed by atoms with van der Waals surface area (Å²) in [5.41, 5.74) is 1.80. The van der Waals surface area contributed by atoms with Crippen molar-refractivity contribution < 1.29 is 4.79 Å². The van der Waals surface area contributed by atoms with Crippen molar-refractivity contribution in [2.75, 3.05) is 5.75 Å². The molecule has 0 aliphatic heterocycles. The second-order valence-electron chi connectivity index (χ2n) is 8.34. The second kappa shape index (κ2) is 10.2. The van der Waals surface area contributed by atoms with Crippen molar-refractivity contribution in [2.45, 2.75) is 57.9 Å². The van der Waals surface area contributed by atoms with Gasteiger partial charge in [-0.15, -0.1) is 10.2 Å². The number of amides is 1. The number of hydrogen-bond donors (Lipinski definition) is 0. The normalized spacial score (nSPS) is 11.5. The third-order valence-electron chi connectivity index (χ3n) is 5.68. The number of aromatic nitrogens is 4. The topological polar surface area (TPSA) is 72.5 Å². The first-order chi connectivity index (χ1) is 16.0. The van der Waals surface area contributed by atoms with Crippen LogP contribution in [0.2, 0.25) is 0 Å². The lowest BCUT2D eigenvalue weighted by atomic mass is 10.2. The van der Waals surface area contributed by atoms with Gasteiger partial charge in [0.05, 0.1) is 16.7 Å². The fourth-order valence-electron chi connectivity index (χ4n) is 3.89. The zero-order valence-corrected chi connectivity index (χ0v) is 20.1. The van der Waals surface area contributed by atoms with Crippen LogP contribution in [0.3, 0.4) is 0 Å². The molecule has 0 bridgehead atoms. The third-order valence-corrected chi connectivity index (χ3v) is 6.59. The molecule has 0 aliphatic carbocycles. The Kier molecular flexibility index (Phi) is 7.13. The van der Waals surface area contributed by atoms with Gasteiger partial charge in [-0.1, -0.05) is 67.6 Å². The quantitative estimate of drug-likeness (QED) is 0.345. The number of hydrogen-bond acceptors (Lipinski definition) is 5. The van der Waals surface area contributed by atoms with Crippen LogP contribution in [0.25, 0.3) is 16.7 Å². The molecule has 0 radical (unpaired) electrons. The molecule has 33 heavy (non-hydrogen) atoms. The van der Waals surface area contributed by atoms with Crippen LogP contribution < -0.4 is 5.56 Å². The minimum Gasteiger partial charge on any atom is -0.335 e. The molecule has 7 nitrogen and oxygen atoms in total. The van der Waals surface area contributed by atoms with E-state index in [-0.39, 0.29) is 23.3 Å². The van der Waals surface area contributed by atoms with Crippen LogP contribution in [0.1, 0.15) is 39.2 Å². The highest BCUT2D eigenvalue weighted by Crippen LogP contribution is 2.23. The van der Waals surface area contributed by atoms with Crippen LogP contribution in [-0.4, -0.2) is 41.8 Å². The standard InChI is InChI=1S/C25H29N5O2S/c1-4-5-15-28-23(32)20-13-9-10-14-21(20)30-24(28)26-27-25(30)33-17-22(31)29(18(2)3)16-19-11-7-6-8-12-19/h6-14,18H,4-5,15-17H2,1-3H3. The van der Waals surface area contributed by atoms with Crippen LogP contribution in [0.15, 0.2) is 64.5 Å². The van der Waals surface area contributed by atoms with E-state index in [4.69, 9.17) is 0 Å². The Morgan fingerprint density at radius 3 is 2.52 bits per heavy atom. The molecule has 0 N–H and O–H groups in total. The summed E-state index contributed by atoms with van der Waals surface area (Å²) in [6.45, 7) is 7.30. The lowest BCUT2D eigenvalue weighted by Gasteiger charge is -2.26. The van der Waals surface area contributed by atoms with Crippen molar-refractivity contribution in [3.63, 3.8) is 0 Å². The highest BCUT2D eigenvalue weighted by atomic mass is 32.2. The predicted octanol–water partition coefficient (Wildman–Crippen LogP) is 4.37. The average molecular weight is 464 g/mol. The Hall–Kier alpha value is -3.13. The van der Waals surface area contributed by atoms with Gasteiger partial charge in [-0.05, 0) is 38.0 Å². The molecule has 0 spiro atoms. The zero-order valence-electron chi connectivity index (χ0n) is 19.3. The van der Waals surface area contributed by atoms with Crippen molar-refractivity contribution in [3.05, 3.63) is 70.5 Å². The van der Waals surface area contributed by atoms with Crippen LogP contribution in [0, 0.1) is 0 Å². The maximum absolute atomic E-state index is 13.1. The van der Waals surface area contributed by atoms with Gasteiger partial charge in [0.25, 0.3) is 5.56 Å². The highest BCUT2D eigenvalue weighted by molar-refractivity contribution is 7.99. The Labute approximate surface area is 197 Å². The van der Waals surface area contributed by atoms with E-state index in [1.807, 2.05) is 77.7 Å². The Balaban J connectivity index is 1.64. The van der Waals surface area contributed by atoms with E-state index in [1.165, 1.54) is 11.8 Å². The van der Waals surface area contributed by atoms with E-state index in [9.17, 15) is 9.59 Å². The molecule has 2 heterocycles. The lowest BCUT2D eigenvalue weighted by Crippen LogP contribution is -2.37. The number of para-hydroxylation sites is 1. The van der Waals surface area contributed by atoms with Gasteiger partial charge in [0, 0.05) is 19.1 Å². The molecule has 4 aromatic rings. The molecule has 1 amide bonds. The molecular weight excluding hydrogens is 434 g/mol. The van der Waals surface area contributed by atoms with Gasteiger partial charge in [-0.2, -0.15) is 0 Å². The predicted molar refractivity (Wildman–Crippen MR) is 133 cm³/mol. The fraction of sp³-hybridized carbons (Fsp3) is 0.360. The molecule has 172 valence electrons. The number of thioether (sulfide) groups is 1. The van der Waals surface area contributed by atoms with Crippen molar-refractivity contribution in [2.24, 2.45) is 0 Å². The summed E-state index contributed by atoms with van der Waals surface area (Å²) in [5.74, 6) is 0.806. The zero-order chi connectivity index (χ0) is 23.4. The van der Waals surface area contributed by atoms with Crippen molar-refractivity contribution in [3.8, 4) is 0 Å². The summed E-state index contributed by atoms with van der Waals surface area (Å²) in [6, 6.07) is 17.6. The van der Waals surface area contributed by atoms with Gasteiger partial charge in [-0.25, -0.2) is 0 Å². The van der Waals surface area contributed by atoms with E-state index in [0.717, 1.165) is 23.9 Å². The van der Waals surface area contributed by atoms with E-state index < -0.39 is 0 Å². The summed E-state index contributed by atoms with van der Waals surface area (Å²) in [4.78, 5) is 28.1. The molecule has 0 atom stereocenters. The number of fused-ring (bicyclic) bond motifs is 3. The molecular formula is C25H29N5O2S. The fourth-order valence-corrected chi connectivity index (χ4v) is 4.72. The SMILES string of the molecule is CCCCn1c(=O)c2ccccc2n2c(SCC(=O)N(Cc3ccccc3)C(C)C)nnc12. The van der Waals surface area contributed by atoms with E-state index in [0.29, 0.717) is 29.4 Å². The number of nitrogens with zero attached hydrogens (tertiary/aromatic N) is 5. The van der Waals surface area contributed by atoms with E-state index in [2.05, 4.69) is 17.1 Å². The minimum atomic E-state index is -0.0552. The largest absolute Gasteiger partial charge is 0.335 e. The first-order valence-electron chi connectivity index (χ1n) is 11.3. The van der Waals surface area contributed by atoms with Crippen molar-refractivity contribution in [1.82, 2.24) is 24.1 Å². The highest BCUT2D eigenvalue weighted by Gasteiger charge is 2.21. The van der Waals surface area contributed by atoms with Crippen molar-refractivity contribution >= 4 is 34.3 Å². The molecule has 0 fully saturated rings. The number of carbonyl (C=O) groups excluding carboxylic acids is 1. The number of carbonyl (C=O) groups is 1. The first kappa shape index (κ1) is 23.0. The summed E-state index contributed by atoms with van der Waals surface area (Å²) in [5, 5.41) is 9.94. The maximum Gasteiger partial charge on any atom is 0.262 e. The summed E-state index contributed by atoms with van der Waals surface area (Å²) >= 11 is 1.36. The molecule has 2 aromatic heterocycles. The summed E-state index contributed by atoms with van der Waals surface area (Å²) in [6.07, 6.45) is 1.85. The number of rotatable bonds is 9. The molecule has 2 aromatic carbocycles. The van der Waals surface area contributed by atoms with Crippen molar-refractivity contribution in [1.29, 1.82) is 0 Å². The first-order valence-corrected chi connectivity index (χ1v) is 12.3. The molecule has 0 aliphatic rings.